The van der Waals surface area contributed by atoms with Crippen LogP contribution < -0.4 is 10.1 Å². The van der Waals surface area contributed by atoms with Gasteiger partial charge in [-0.1, -0.05) is 19.1 Å². The summed E-state index contributed by atoms with van der Waals surface area (Å²) >= 11 is 0. The third-order valence-corrected chi connectivity index (χ3v) is 6.67. The van der Waals surface area contributed by atoms with Gasteiger partial charge in [0.15, 0.2) is 11.6 Å². The molecule has 8 nitrogen and oxygen atoms in total. The van der Waals surface area contributed by atoms with Crippen LogP contribution in [0.1, 0.15) is 36.2 Å². The maximum absolute atomic E-state index is 14.4. The van der Waals surface area contributed by atoms with Crippen LogP contribution in [-0.2, 0) is 11.2 Å². The van der Waals surface area contributed by atoms with E-state index in [1.807, 2.05) is 13.0 Å². The number of aromatic nitrogens is 1. The first-order valence-corrected chi connectivity index (χ1v) is 11.5. The van der Waals surface area contributed by atoms with E-state index in [0.29, 0.717) is 42.7 Å². The largest absolute Gasteiger partial charge is 0.508 e. The van der Waals surface area contributed by atoms with Crippen LogP contribution in [0, 0.1) is 5.82 Å². The van der Waals surface area contributed by atoms with E-state index in [-0.39, 0.29) is 23.4 Å². The first-order chi connectivity index (χ1) is 16.4. The molecule has 3 aromatic rings. The zero-order valence-electron chi connectivity index (χ0n) is 19.1. The quantitative estimate of drug-likeness (QED) is 0.367. The van der Waals surface area contributed by atoms with Gasteiger partial charge in [-0.15, -0.1) is 0 Å². The minimum absolute atomic E-state index is 0.0606. The molecule has 3 heterocycles. The highest BCUT2D eigenvalue weighted by Gasteiger charge is 2.52. The van der Waals surface area contributed by atoms with E-state index in [1.165, 1.54) is 18.1 Å². The molecule has 1 saturated heterocycles. The lowest BCUT2D eigenvalue weighted by Crippen LogP contribution is -2.44. The highest BCUT2D eigenvalue weighted by atomic mass is 19.1. The normalized spacial score (nSPS) is 19.6. The van der Waals surface area contributed by atoms with Crippen molar-refractivity contribution < 1.29 is 23.8 Å². The Balaban J connectivity index is 1.62. The number of rotatable bonds is 7. The zero-order chi connectivity index (χ0) is 24.0. The number of urea groups is 1. The van der Waals surface area contributed by atoms with Crippen LogP contribution in [0.15, 0.2) is 36.4 Å². The van der Waals surface area contributed by atoms with E-state index in [2.05, 4.69) is 10.3 Å². The predicted octanol–water partition coefficient (Wildman–Crippen LogP) is 3.30. The molecule has 178 valence electrons. The van der Waals surface area contributed by atoms with Crippen molar-refractivity contribution >= 4 is 22.8 Å². The molecule has 9 heteroatoms. The summed E-state index contributed by atoms with van der Waals surface area (Å²) in [7, 11) is 1.41. The molecule has 34 heavy (non-hydrogen) atoms. The van der Waals surface area contributed by atoms with Crippen molar-refractivity contribution in [1.29, 1.82) is 0 Å². The van der Waals surface area contributed by atoms with Gasteiger partial charge in [0, 0.05) is 35.6 Å². The number of amides is 3. The number of phenolic OH excluding ortho intramolecular Hbond substituents is 1. The number of phenols is 1. The molecule has 3 amide bonds. The number of nitrogens with one attached hydrogen (secondary N) is 2. The number of benzene rings is 2. The molecule has 0 aliphatic carbocycles. The van der Waals surface area contributed by atoms with Crippen LogP contribution in [0.25, 0.3) is 10.9 Å². The second kappa shape index (κ2) is 8.64. The number of carbonyl (C=O) groups excluding carboxylic acids is 2. The van der Waals surface area contributed by atoms with Crippen LogP contribution in [0.5, 0.6) is 11.5 Å². The fourth-order valence-corrected chi connectivity index (χ4v) is 5.12. The number of aromatic hydroxyl groups is 1. The first kappa shape index (κ1) is 22.2. The molecule has 3 N–H and O–H groups in total. The number of ether oxygens (including phenoxy) is 1. The summed E-state index contributed by atoms with van der Waals surface area (Å²) in [5, 5.41) is 14.1. The topological polar surface area (TPSA) is 97.9 Å². The van der Waals surface area contributed by atoms with E-state index in [0.717, 1.165) is 17.5 Å². The number of aromatic amines is 1. The summed E-state index contributed by atoms with van der Waals surface area (Å²) in [5.74, 6) is -0.558. The van der Waals surface area contributed by atoms with Crippen molar-refractivity contribution in [2.45, 2.75) is 31.8 Å². The van der Waals surface area contributed by atoms with Crippen LogP contribution in [0.2, 0.25) is 0 Å². The fourth-order valence-electron chi connectivity index (χ4n) is 5.12. The monoisotopic (exact) mass is 466 g/mol. The Hall–Kier alpha value is -3.59. The number of imide groups is 1. The maximum Gasteiger partial charge on any atom is 0.328 e. The summed E-state index contributed by atoms with van der Waals surface area (Å²) < 4.78 is 19.6. The van der Waals surface area contributed by atoms with Gasteiger partial charge in [-0.05, 0) is 48.8 Å². The number of nitrogens with zero attached hydrogens (tertiary/aromatic N) is 2. The molecular formula is C25H27FN4O4. The SMILES string of the molecule is CCNCCCN1C(=O)[C@@H]2Cc3c([nH]c4cc(F)c(OC)cc34)C(c3cccc(O)c3)N2C1=O. The summed E-state index contributed by atoms with van der Waals surface area (Å²) in [6.45, 7) is 3.87. The fraction of sp³-hybridized carbons (Fsp3) is 0.360. The summed E-state index contributed by atoms with van der Waals surface area (Å²) in [4.78, 5) is 33.1. The zero-order valence-corrected chi connectivity index (χ0v) is 19.1. The van der Waals surface area contributed by atoms with Crippen molar-refractivity contribution in [1.82, 2.24) is 20.1 Å². The predicted molar refractivity (Wildman–Crippen MR) is 124 cm³/mol. The molecular weight excluding hydrogens is 439 g/mol. The van der Waals surface area contributed by atoms with Gasteiger partial charge < -0.3 is 20.1 Å². The number of H-pyrrole nitrogens is 1. The van der Waals surface area contributed by atoms with Gasteiger partial charge >= 0.3 is 6.03 Å². The standard InChI is InChI=1S/C25H27FN4O4/c1-3-27-8-5-9-29-24(32)20-11-17-16-12-21(34-2)18(26)13-19(16)28-22(17)23(30(20)25(29)33)14-6-4-7-15(31)10-14/h4,6-7,10,12-13,20,23,27-28,31H,3,5,8-9,11H2,1-2H3/t20-,23?/m0/s1. The van der Waals surface area contributed by atoms with Crippen LogP contribution in [0.4, 0.5) is 9.18 Å². The molecule has 2 aromatic carbocycles. The van der Waals surface area contributed by atoms with Crippen molar-refractivity contribution in [3.63, 3.8) is 0 Å². The number of carbonyl (C=O) groups is 2. The van der Waals surface area contributed by atoms with E-state index >= 15 is 0 Å². The van der Waals surface area contributed by atoms with E-state index < -0.39 is 17.9 Å². The average molecular weight is 467 g/mol. The molecule has 2 aliphatic rings. The van der Waals surface area contributed by atoms with Gasteiger partial charge in [-0.3, -0.25) is 14.6 Å². The molecule has 0 bridgehead atoms. The molecule has 0 spiro atoms. The lowest BCUT2D eigenvalue weighted by Gasteiger charge is -2.36. The molecule has 1 unspecified atom stereocenters. The highest BCUT2D eigenvalue weighted by molar-refractivity contribution is 6.05. The minimum Gasteiger partial charge on any atom is -0.508 e. The molecule has 2 aliphatic heterocycles. The Morgan fingerprint density at radius 3 is 2.82 bits per heavy atom. The van der Waals surface area contributed by atoms with Crippen molar-refractivity contribution in [2.24, 2.45) is 0 Å². The van der Waals surface area contributed by atoms with Crippen molar-refractivity contribution in [3.05, 3.63) is 59.0 Å². The van der Waals surface area contributed by atoms with Crippen LogP contribution in [-0.4, -0.2) is 64.6 Å². The molecule has 5 rings (SSSR count). The Bertz CT molecular complexity index is 1270. The van der Waals surface area contributed by atoms with Gasteiger partial charge in [0.25, 0.3) is 5.91 Å². The minimum atomic E-state index is -0.679. The van der Waals surface area contributed by atoms with Gasteiger partial charge in [0.05, 0.1) is 7.11 Å². The van der Waals surface area contributed by atoms with Crippen LogP contribution in [0.3, 0.4) is 0 Å². The maximum atomic E-state index is 14.4. The summed E-state index contributed by atoms with van der Waals surface area (Å²) in [6.07, 6.45) is 0.973. The van der Waals surface area contributed by atoms with Gasteiger partial charge in [0.2, 0.25) is 0 Å². The van der Waals surface area contributed by atoms with Crippen molar-refractivity contribution in [2.75, 3.05) is 26.7 Å². The lowest BCUT2D eigenvalue weighted by molar-refractivity contribution is -0.128. The average Bonchev–Trinajstić information content (AvgIpc) is 3.29. The van der Waals surface area contributed by atoms with E-state index in [4.69, 9.17) is 4.74 Å². The summed E-state index contributed by atoms with van der Waals surface area (Å²) in [5.41, 5.74) is 2.79. The Morgan fingerprint density at radius 2 is 2.09 bits per heavy atom. The Kier molecular flexibility index (Phi) is 5.65. The van der Waals surface area contributed by atoms with E-state index in [9.17, 15) is 19.1 Å². The number of halogens is 1. The Morgan fingerprint density at radius 1 is 1.26 bits per heavy atom. The van der Waals surface area contributed by atoms with Gasteiger partial charge in [0.1, 0.15) is 17.8 Å². The lowest BCUT2D eigenvalue weighted by atomic mass is 9.88. The molecule has 1 fully saturated rings. The molecule has 2 atom stereocenters. The van der Waals surface area contributed by atoms with Crippen molar-refractivity contribution in [3.8, 4) is 11.5 Å². The third kappa shape index (κ3) is 3.47. The third-order valence-electron chi connectivity index (χ3n) is 6.67. The number of hydrogen-bond acceptors (Lipinski definition) is 5. The van der Waals surface area contributed by atoms with E-state index in [1.54, 1.807) is 29.2 Å². The van der Waals surface area contributed by atoms with Crippen LogP contribution >= 0.6 is 0 Å². The summed E-state index contributed by atoms with van der Waals surface area (Å²) in [6, 6.07) is 8.00. The molecule has 1 aromatic heterocycles. The Labute approximate surface area is 196 Å². The second-order valence-corrected chi connectivity index (χ2v) is 8.65. The number of hydrogen-bond donors (Lipinski definition) is 3. The number of methoxy groups -OCH3 is 1. The smallest absolute Gasteiger partial charge is 0.328 e. The first-order valence-electron chi connectivity index (χ1n) is 11.5. The second-order valence-electron chi connectivity index (χ2n) is 8.65. The number of fused-ring (bicyclic) bond motifs is 4. The highest BCUT2D eigenvalue weighted by Crippen LogP contribution is 2.45. The molecule has 0 saturated carbocycles. The van der Waals surface area contributed by atoms with Gasteiger partial charge in [-0.25, -0.2) is 9.18 Å². The molecule has 0 radical (unpaired) electrons. The van der Waals surface area contributed by atoms with Gasteiger partial charge in [-0.2, -0.15) is 0 Å².